The maximum Gasteiger partial charge on any atom is 0.449 e. The molecule has 5 nitrogen and oxygen atoms in total. The predicted octanol–water partition coefficient (Wildman–Crippen LogP) is 2.46. The molecule has 0 aromatic carbocycles. The van der Waals surface area contributed by atoms with E-state index in [1.54, 1.807) is 0 Å². The lowest BCUT2D eigenvalue weighted by atomic mass is 9.98. The summed E-state index contributed by atoms with van der Waals surface area (Å²) in [5, 5.41) is 2.35. The summed E-state index contributed by atoms with van der Waals surface area (Å²) in [7, 11) is 0. The van der Waals surface area contributed by atoms with Crippen molar-refractivity contribution in [1.29, 1.82) is 0 Å². The second-order valence-electron chi connectivity index (χ2n) is 5.48. The van der Waals surface area contributed by atoms with Crippen LogP contribution in [0.25, 0.3) is 0 Å². The molecule has 0 aliphatic heterocycles. The van der Waals surface area contributed by atoms with Gasteiger partial charge in [-0.25, -0.2) is 0 Å². The first-order valence-corrected chi connectivity index (χ1v) is 7.04. The van der Waals surface area contributed by atoms with E-state index in [2.05, 4.69) is 9.73 Å². The molecule has 1 aromatic rings. The van der Waals surface area contributed by atoms with Gasteiger partial charge >= 0.3 is 6.18 Å². The van der Waals surface area contributed by atoms with Crippen LogP contribution in [0.5, 0.6) is 0 Å². The van der Waals surface area contributed by atoms with E-state index in [0.29, 0.717) is 18.4 Å². The predicted molar refractivity (Wildman–Crippen MR) is 70.7 cm³/mol. The maximum atomic E-state index is 12.4. The molecule has 1 aromatic heterocycles. The summed E-state index contributed by atoms with van der Waals surface area (Å²) < 4.78 is 41.8. The zero-order chi connectivity index (χ0) is 16.3. The van der Waals surface area contributed by atoms with Crippen LogP contribution in [0, 0.1) is 5.92 Å². The van der Waals surface area contributed by atoms with Crippen LogP contribution in [-0.4, -0.2) is 17.9 Å². The highest BCUT2D eigenvalue weighted by molar-refractivity contribution is 5.95. The van der Waals surface area contributed by atoms with Gasteiger partial charge in [-0.3, -0.25) is 9.59 Å². The molecule has 1 fully saturated rings. The molecule has 8 heteroatoms. The molecule has 3 N–H and O–H groups in total. The lowest BCUT2D eigenvalue weighted by Gasteiger charge is -2.18. The minimum absolute atomic E-state index is 0.292. The number of carbonyl (C=O) groups is 2. The molecule has 0 radical (unpaired) electrons. The molecule has 122 valence electrons. The van der Waals surface area contributed by atoms with Gasteiger partial charge in [0.25, 0.3) is 5.91 Å². The molecular formula is C14H17F3N2O3. The first kappa shape index (κ1) is 16.4. The Morgan fingerprint density at radius 2 is 1.95 bits per heavy atom. The van der Waals surface area contributed by atoms with Gasteiger partial charge in [-0.1, -0.05) is 25.7 Å². The molecule has 1 heterocycles. The summed E-state index contributed by atoms with van der Waals surface area (Å²) in [6.07, 6.45) is -0.217. The van der Waals surface area contributed by atoms with Crippen molar-refractivity contribution in [3.8, 4) is 0 Å². The number of hydrogen-bond donors (Lipinski definition) is 2. The summed E-state index contributed by atoms with van der Waals surface area (Å²) in [6, 6.07) is 0.687. The maximum absolute atomic E-state index is 12.4. The van der Waals surface area contributed by atoms with E-state index in [-0.39, 0.29) is 0 Å². The summed E-state index contributed by atoms with van der Waals surface area (Å²) >= 11 is 0. The Bertz CT molecular complexity index is 548. The van der Waals surface area contributed by atoms with Crippen LogP contribution in [-0.2, 0) is 11.0 Å². The molecule has 0 saturated heterocycles. The molecular weight excluding hydrogens is 301 g/mol. The Morgan fingerprint density at radius 1 is 1.32 bits per heavy atom. The van der Waals surface area contributed by atoms with Gasteiger partial charge in [0, 0.05) is 0 Å². The summed E-state index contributed by atoms with van der Waals surface area (Å²) in [6.45, 7) is 0. The number of nitrogens with one attached hydrogen (secondary N) is 1. The number of amides is 2. The molecule has 1 aliphatic rings. The Labute approximate surface area is 125 Å². The molecule has 1 atom stereocenters. The fraction of sp³-hybridized carbons (Fsp3) is 0.571. The van der Waals surface area contributed by atoms with Crippen LogP contribution < -0.4 is 11.1 Å². The highest BCUT2D eigenvalue weighted by Gasteiger charge is 2.36. The van der Waals surface area contributed by atoms with Crippen molar-refractivity contribution < 1.29 is 27.2 Å². The van der Waals surface area contributed by atoms with Crippen molar-refractivity contribution in [3.63, 3.8) is 0 Å². The number of halogens is 3. The topological polar surface area (TPSA) is 85.3 Å². The third-order valence-corrected chi connectivity index (χ3v) is 3.80. The van der Waals surface area contributed by atoms with Gasteiger partial charge in [-0.2, -0.15) is 13.2 Å². The summed E-state index contributed by atoms with van der Waals surface area (Å²) in [5.74, 6) is -3.05. The average molecular weight is 318 g/mol. The fourth-order valence-corrected chi connectivity index (χ4v) is 2.67. The second kappa shape index (κ2) is 6.41. The monoisotopic (exact) mass is 318 g/mol. The van der Waals surface area contributed by atoms with Crippen LogP contribution in [0.1, 0.15) is 48.4 Å². The summed E-state index contributed by atoms with van der Waals surface area (Å²) in [5.41, 5.74) is 5.25. The fourth-order valence-electron chi connectivity index (χ4n) is 2.67. The standard InChI is InChI=1S/C14H17F3N2O3/c15-14(16,17)11-6-5-10(22-11)13(21)19-9(12(18)20)7-8-3-1-2-4-8/h5-6,8-9H,1-4,7H2,(H2,18,20)(H,19,21). The van der Waals surface area contributed by atoms with Gasteiger partial charge < -0.3 is 15.5 Å². The van der Waals surface area contributed by atoms with E-state index >= 15 is 0 Å². The molecule has 1 saturated carbocycles. The largest absolute Gasteiger partial charge is 0.449 e. The molecule has 1 unspecified atom stereocenters. The average Bonchev–Trinajstić information content (AvgIpc) is 3.08. The number of rotatable bonds is 5. The van der Waals surface area contributed by atoms with Crippen molar-refractivity contribution in [3.05, 3.63) is 23.7 Å². The van der Waals surface area contributed by atoms with Crippen LogP contribution in [0.4, 0.5) is 13.2 Å². The highest BCUT2D eigenvalue weighted by atomic mass is 19.4. The van der Waals surface area contributed by atoms with Crippen LogP contribution in [0.2, 0.25) is 0 Å². The van der Waals surface area contributed by atoms with E-state index in [0.717, 1.165) is 31.7 Å². The molecule has 2 amide bonds. The molecule has 0 spiro atoms. The quantitative estimate of drug-likeness (QED) is 0.874. The van der Waals surface area contributed by atoms with Crippen molar-refractivity contribution >= 4 is 11.8 Å². The van der Waals surface area contributed by atoms with Crippen LogP contribution in [0.15, 0.2) is 16.5 Å². The number of nitrogens with two attached hydrogens (primary N) is 1. The van der Waals surface area contributed by atoms with Gasteiger partial charge in [-0.05, 0) is 24.5 Å². The number of carbonyl (C=O) groups excluding carboxylic acids is 2. The Kier molecular flexibility index (Phi) is 4.77. The highest BCUT2D eigenvalue weighted by Crippen LogP contribution is 2.31. The van der Waals surface area contributed by atoms with Crippen molar-refractivity contribution in [1.82, 2.24) is 5.32 Å². The van der Waals surface area contributed by atoms with Gasteiger partial charge in [0.1, 0.15) is 6.04 Å². The van der Waals surface area contributed by atoms with Crippen molar-refractivity contribution in [2.24, 2.45) is 11.7 Å². The van der Waals surface area contributed by atoms with Gasteiger partial charge in [0.2, 0.25) is 11.7 Å². The molecule has 22 heavy (non-hydrogen) atoms. The van der Waals surface area contributed by atoms with Gasteiger partial charge in [0.15, 0.2) is 5.76 Å². The Morgan fingerprint density at radius 3 is 2.45 bits per heavy atom. The third-order valence-electron chi connectivity index (χ3n) is 3.80. The normalized spacial score (nSPS) is 17.4. The van der Waals surface area contributed by atoms with E-state index in [1.807, 2.05) is 0 Å². The number of primary amides is 1. The molecule has 2 rings (SSSR count). The minimum Gasteiger partial charge on any atom is -0.446 e. The minimum atomic E-state index is -4.66. The van der Waals surface area contributed by atoms with Crippen molar-refractivity contribution in [2.75, 3.05) is 0 Å². The molecule has 0 bridgehead atoms. The SMILES string of the molecule is NC(=O)C(CC1CCCC1)NC(=O)c1ccc(C(F)(F)F)o1. The number of furan rings is 1. The first-order valence-electron chi connectivity index (χ1n) is 7.04. The lowest BCUT2D eigenvalue weighted by Crippen LogP contribution is -2.45. The summed E-state index contributed by atoms with van der Waals surface area (Å²) in [4.78, 5) is 23.3. The van der Waals surface area contributed by atoms with Crippen molar-refractivity contribution in [2.45, 2.75) is 44.3 Å². The zero-order valence-electron chi connectivity index (χ0n) is 11.8. The van der Waals surface area contributed by atoms with E-state index in [4.69, 9.17) is 5.73 Å². The van der Waals surface area contributed by atoms with Gasteiger partial charge in [-0.15, -0.1) is 0 Å². The van der Waals surface area contributed by atoms with E-state index < -0.39 is 35.6 Å². The number of alkyl halides is 3. The second-order valence-corrected chi connectivity index (χ2v) is 5.48. The molecule has 1 aliphatic carbocycles. The van der Waals surface area contributed by atoms with Gasteiger partial charge in [0.05, 0.1) is 0 Å². The van der Waals surface area contributed by atoms with E-state index in [1.165, 1.54) is 0 Å². The zero-order valence-corrected chi connectivity index (χ0v) is 11.8. The van der Waals surface area contributed by atoms with Crippen LogP contribution in [0.3, 0.4) is 0 Å². The van der Waals surface area contributed by atoms with E-state index in [9.17, 15) is 22.8 Å². The Balaban J connectivity index is 2.01. The lowest BCUT2D eigenvalue weighted by molar-refractivity contribution is -0.153. The number of hydrogen-bond acceptors (Lipinski definition) is 3. The van der Waals surface area contributed by atoms with Crippen LogP contribution >= 0.6 is 0 Å². The Hall–Kier alpha value is -1.99. The smallest absolute Gasteiger partial charge is 0.446 e. The third kappa shape index (κ3) is 4.02. The first-order chi connectivity index (χ1) is 10.3.